The lowest BCUT2D eigenvalue weighted by Gasteiger charge is -2.42. The molecule has 4 aromatic rings. The van der Waals surface area contributed by atoms with Gasteiger partial charge in [-0.3, -0.25) is 9.59 Å². The normalized spacial score (nSPS) is 18.1. The highest BCUT2D eigenvalue weighted by atomic mass is 32.1. The lowest BCUT2D eigenvalue weighted by molar-refractivity contribution is -0.137. The Morgan fingerprint density at radius 2 is 1.59 bits per heavy atom. The number of hydrogen-bond acceptors (Lipinski definition) is 4. The van der Waals surface area contributed by atoms with Crippen molar-refractivity contribution in [2.45, 2.75) is 63.8 Å². The second kappa shape index (κ2) is 14.7. The molecule has 3 atom stereocenters. The van der Waals surface area contributed by atoms with Crippen LogP contribution in [0.4, 0.5) is 0 Å². The predicted octanol–water partition coefficient (Wildman–Crippen LogP) is 8.43. The van der Waals surface area contributed by atoms with Crippen molar-refractivity contribution >= 4 is 51.9 Å². The minimum atomic E-state index is -3.25. The van der Waals surface area contributed by atoms with Gasteiger partial charge in [0.05, 0.1) is 0 Å². The summed E-state index contributed by atoms with van der Waals surface area (Å²) in [5, 5.41) is 11.6. The largest absolute Gasteiger partial charge is 0.481 e. The van der Waals surface area contributed by atoms with E-state index in [1.807, 2.05) is 49.4 Å². The van der Waals surface area contributed by atoms with E-state index in [1.165, 1.54) is 15.0 Å². The number of benzene rings is 3. The summed E-state index contributed by atoms with van der Waals surface area (Å²) in [5.74, 6) is -0.811. The fraction of sp³-hybridized carbons (Fsp3) is 0.300. The second-order valence-corrected chi connectivity index (χ2v) is 18.2. The summed E-state index contributed by atoms with van der Waals surface area (Å²) in [4.78, 5) is 38.3. The number of rotatable bonds is 14. The van der Waals surface area contributed by atoms with E-state index < -0.39 is 19.3 Å². The van der Waals surface area contributed by atoms with Crippen molar-refractivity contribution < 1.29 is 19.5 Å². The number of hydrogen-bond donors (Lipinski definition) is 2. The Morgan fingerprint density at radius 3 is 2.22 bits per heavy atom. The average Bonchev–Trinajstić information content (AvgIpc) is 3.60. The fourth-order valence-corrected chi connectivity index (χ4v) is 11.8. The zero-order valence-corrected chi connectivity index (χ0v) is 28.8. The molecule has 1 aliphatic rings. The van der Waals surface area contributed by atoms with Crippen molar-refractivity contribution in [1.82, 2.24) is 0 Å². The van der Waals surface area contributed by atoms with Crippen LogP contribution < -0.4 is 10.4 Å². The van der Waals surface area contributed by atoms with Crippen LogP contribution in [0.15, 0.2) is 127 Å². The summed E-state index contributed by atoms with van der Waals surface area (Å²) < 4.78 is 1.23. The first-order chi connectivity index (χ1) is 22.1. The van der Waals surface area contributed by atoms with E-state index in [0.717, 1.165) is 28.8 Å². The molecular weight excluding hydrogens is 605 g/mol. The van der Waals surface area contributed by atoms with E-state index in [2.05, 4.69) is 86.7 Å². The van der Waals surface area contributed by atoms with Gasteiger partial charge in [0.15, 0.2) is 5.78 Å². The molecule has 0 fully saturated rings. The number of fused-ring (bicyclic) bond motifs is 1. The molecule has 0 spiro atoms. The smallest absolute Gasteiger partial charge is 0.303 e. The molecule has 1 aromatic heterocycles. The van der Waals surface area contributed by atoms with E-state index >= 15 is 0 Å². The Morgan fingerprint density at radius 1 is 0.957 bits per heavy atom. The van der Waals surface area contributed by atoms with Gasteiger partial charge in [-0.15, -0.1) is 11.3 Å². The summed E-state index contributed by atoms with van der Waals surface area (Å²) in [6.07, 6.45) is 13.2. The highest BCUT2D eigenvalue weighted by Crippen LogP contribution is 2.47. The molecule has 6 heteroatoms. The number of carboxylic acids is 1. The molecule has 5 rings (SSSR count). The van der Waals surface area contributed by atoms with E-state index in [1.54, 1.807) is 17.4 Å². The van der Waals surface area contributed by atoms with Gasteiger partial charge in [0.2, 0.25) is 0 Å². The molecule has 238 valence electrons. The number of carboxylic acid groups (broad SMARTS) is 1. The number of carbonyl (C=O) groups is 2. The molecular formula is C40H44O4SSi. The van der Waals surface area contributed by atoms with Gasteiger partial charge in [-0.2, -0.15) is 0 Å². The lowest BCUT2D eigenvalue weighted by atomic mass is 9.85. The number of ketones is 1. The third kappa shape index (κ3) is 7.41. The molecule has 0 aliphatic heterocycles. The van der Waals surface area contributed by atoms with Crippen LogP contribution in [0.5, 0.6) is 0 Å². The molecule has 1 aliphatic carbocycles. The summed E-state index contributed by atoms with van der Waals surface area (Å²) in [6, 6.07) is 31.0. The van der Waals surface area contributed by atoms with E-state index in [9.17, 15) is 14.4 Å². The fourth-order valence-electron chi connectivity index (χ4n) is 6.91. The molecule has 3 aromatic carbocycles. The van der Waals surface area contributed by atoms with E-state index in [0.29, 0.717) is 12.8 Å². The van der Waals surface area contributed by atoms with Crippen LogP contribution in [0.1, 0.15) is 63.7 Å². The van der Waals surface area contributed by atoms with Crippen LogP contribution in [0.3, 0.4) is 0 Å². The Labute approximate surface area is 278 Å². The first-order valence-electron chi connectivity index (χ1n) is 16.2. The number of thiophene rings is 1. The topological polar surface area (TPSA) is 74.6 Å². The van der Waals surface area contributed by atoms with Gasteiger partial charge in [-0.25, -0.2) is 0 Å². The molecule has 0 saturated carbocycles. The molecule has 0 radical (unpaired) electrons. The second-order valence-electron chi connectivity index (χ2n) is 13.1. The standard InChI is InChI=1S/C40H44O4SSi/c1-29-26-36(41)35(34(29)21-12-4-5-13-23-39(42)43)25-24-31(38-27-30-16-14-15-22-37(30)45-38)28-40(2,3)46(44,32-17-8-6-9-18-32)33-19-10-7-11-20-33/h4,6-12,14-20,22,24-27,31,34-35,44H,5,13,21,23,28H2,1-3H3,(H,42,43)/b12-4-,25-24+/t31-,34-,35+/m0/s1. The molecule has 0 bridgehead atoms. The van der Waals surface area contributed by atoms with Crippen LogP contribution in [0.25, 0.3) is 10.1 Å². The summed E-state index contributed by atoms with van der Waals surface area (Å²) in [7, 11) is -3.25. The van der Waals surface area contributed by atoms with Crippen LogP contribution in [0, 0.1) is 11.8 Å². The lowest BCUT2D eigenvalue weighted by Crippen LogP contribution is -2.65. The minimum absolute atomic E-state index is 0.000216. The van der Waals surface area contributed by atoms with Crippen molar-refractivity contribution in [2.75, 3.05) is 0 Å². The zero-order valence-electron chi connectivity index (χ0n) is 26.9. The molecule has 4 nitrogen and oxygen atoms in total. The monoisotopic (exact) mass is 648 g/mol. The molecule has 1 heterocycles. The Bertz CT molecular complexity index is 1660. The average molecular weight is 649 g/mol. The third-order valence-electron chi connectivity index (χ3n) is 9.49. The Hall–Kier alpha value is -3.84. The highest BCUT2D eigenvalue weighted by Gasteiger charge is 2.50. The van der Waals surface area contributed by atoms with Crippen molar-refractivity contribution in [2.24, 2.45) is 11.8 Å². The maximum Gasteiger partial charge on any atom is 0.303 e. The van der Waals surface area contributed by atoms with Gasteiger partial charge in [0.1, 0.15) is 0 Å². The zero-order chi connectivity index (χ0) is 32.7. The molecule has 0 amide bonds. The third-order valence-corrected chi connectivity index (χ3v) is 15.2. The maximum atomic E-state index is 13.3. The van der Waals surface area contributed by atoms with Gasteiger partial charge in [-0.1, -0.05) is 123 Å². The first-order valence-corrected chi connectivity index (χ1v) is 19.0. The summed E-state index contributed by atoms with van der Waals surface area (Å²) >= 11 is 1.79. The SMILES string of the molecule is CC1=CC(=O)[C@H](/C=C/[C@@H](CC(C)(C)[Si](O)(c2ccccc2)c2ccccc2)c2cc3ccccc3s2)[C@H]1C/C=C\CCCC(=O)O. The van der Waals surface area contributed by atoms with Gasteiger partial charge < -0.3 is 9.90 Å². The molecule has 0 saturated heterocycles. The maximum absolute atomic E-state index is 13.3. The Kier molecular flexibility index (Phi) is 10.7. The minimum Gasteiger partial charge on any atom is -0.481 e. The van der Waals surface area contributed by atoms with Crippen LogP contribution >= 0.6 is 11.3 Å². The highest BCUT2D eigenvalue weighted by molar-refractivity contribution is 7.19. The van der Waals surface area contributed by atoms with Crippen LogP contribution in [0.2, 0.25) is 5.04 Å². The quantitative estimate of drug-likeness (QED) is 0.0818. The number of unbranched alkanes of at least 4 members (excludes halogenated alkanes) is 1. The molecule has 2 N–H and O–H groups in total. The van der Waals surface area contributed by atoms with Gasteiger partial charge in [0.25, 0.3) is 8.32 Å². The number of allylic oxidation sites excluding steroid dienone is 6. The van der Waals surface area contributed by atoms with Gasteiger partial charge in [-0.05, 0) is 77.5 Å². The van der Waals surface area contributed by atoms with Gasteiger partial charge in [0, 0.05) is 27.8 Å². The van der Waals surface area contributed by atoms with Crippen LogP contribution in [-0.4, -0.2) is 30.0 Å². The molecule has 46 heavy (non-hydrogen) atoms. The van der Waals surface area contributed by atoms with E-state index in [-0.39, 0.29) is 30.0 Å². The predicted molar refractivity (Wildman–Crippen MR) is 193 cm³/mol. The first kappa shape index (κ1) is 33.5. The van der Waals surface area contributed by atoms with E-state index in [4.69, 9.17) is 5.11 Å². The Balaban J connectivity index is 1.48. The van der Waals surface area contributed by atoms with Crippen LogP contribution in [-0.2, 0) is 9.59 Å². The van der Waals surface area contributed by atoms with Crippen molar-refractivity contribution in [3.05, 3.63) is 132 Å². The summed E-state index contributed by atoms with van der Waals surface area (Å²) in [5.41, 5.74) is 1.09. The van der Waals surface area contributed by atoms with Crippen molar-refractivity contribution in [1.29, 1.82) is 0 Å². The van der Waals surface area contributed by atoms with Gasteiger partial charge >= 0.3 is 5.97 Å². The number of carbonyl (C=O) groups excluding carboxylic acids is 1. The van der Waals surface area contributed by atoms with Crippen molar-refractivity contribution in [3.63, 3.8) is 0 Å². The number of aliphatic carboxylic acids is 1. The summed E-state index contributed by atoms with van der Waals surface area (Å²) in [6.45, 7) is 6.45. The van der Waals surface area contributed by atoms with Crippen molar-refractivity contribution in [3.8, 4) is 0 Å². The molecule has 0 unspecified atom stereocenters.